The van der Waals surface area contributed by atoms with Crippen molar-refractivity contribution in [3.05, 3.63) is 29.8 Å². The Bertz CT molecular complexity index is 724. The summed E-state index contributed by atoms with van der Waals surface area (Å²) in [6.07, 6.45) is 4.32. The summed E-state index contributed by atoms with van der Waals surface area (Å²) < 4.78 is 5.61. The predicted molar refractivity (Wildman–Crippen MR) is 136 cm³/mol. The van der Waals surface area contributed by atoms with Crippen molar-refractivity contribution in [1.29, 1.82) is 0 Å². The van der Waals surface area contributed by atoms with Crippen molar-refractivity contribution in [2.45, 2.75) is 70.4 Å². The van der Waals surface area contributed by atoms with Gasteiger partial charge in [-0.25, -0.2) is 0 Å². The van der Waals surface area contributed by atoms with E-state index in [0.29, 0.717) is 6.04 Å². The number of nitrogens with zero attached hydrogens (tertiary/aromatic N) is 3. The molecule has 2 heterocycles. The van der Waals surface area contributed by atoms with E-state index in [0.717, 1.165) is 71.0 Å². The third-order valence-corrected chi connectivity index (χ3v) is 7.18. The highest BCUT2D eigenvalue weighted by molar-refractivity contribution is 5.80. The first kappa shape index (κ1) is 24.8. The van der Waals surface area contributed by atoms with Crippen molar-refractivity contribution < 1.29 is 4.74 Å². The number of anilines is 1. The van der Waals surface area contributed by atoms with Crippen LogP contribution < -0.4 is 15.5 Å². The molecule has 2 fully saturated rings. The highest BCUT2D eigenvalue weighted by Crippen LogP contribution is 2.27. The summed E-state index contributed by atoms with van der Waals surface area (Å²) in [5.41, 5.74) is 3.03. The Balaban J connectivity index is 1.56. The minimum atomic E-state index is 0.100. The molecule has 0 unspecified atom stereocenters. The predicted octanol–water partition coefficient (Wildman–Crippen LogP) is 3.62. The van der Waals surface area contributed by atoms with Crippen LogP contribution in [-0.2, 0) is 10.2 Å². The van der Waals surface area contributed by atoms with E-state index in [1.54, 1.807) is 0 Å². The highest BCUT2D eigenvalue weighted by Gasteiger charge is 2.34. The summed E-state index contributed by atoms with van der Waals surface area (Å²) in [5, 5.41) is 7.18. The second-order valence-electron chi connectivity index (χ2n) is 10.6. The molecule has 6 heteroatoms. The largest absolute Gasteiger partial charge is 0.381 e. The molecule has 2 aliphatic heterocycles. The first-order valence-electron chi connectivity index (χ1n) is 12.4. The van der Waals surface area contributed by atoms with E-state index in [1.807, 2.05) is 0 Å². The second kappa shape index (κ2) is 10.9. The molecule has 0 radical (unpaired) electrons. The molecule has 32 heavy (non-hydrogen) atoms. The van der Waals surface area contributed by atoms with Gasteiger partial charge < -0.3 is 25.2 Å². The lowest BCUT2D eigenvalue weighted by Gasteiger charge is -2.42. The van der Waals surface area contributed by atoms with Gasteiger partial charge in [0, 0.05) is 50.1 Å². The van der Waals surface area contributed by atoms with Crippen molar-refractivity contribution in [2.24, 2.45) is 4.99 Å². The Morgan fingerprint density at radius 1 is 1.12 bits per heavy atom. The van der Waals surface area contributed by atoms with Crippen LogP contribution in [0.1, 0.15) is 58.9 Å². The highest BCUT2D eigenvalue weighted by atomic mass is 16.5. The molecule has 1 aromatic carbocycles. The maximum absolute atomic E-state index is 5.61. The monoisotopic (exact) mass is 443 g/mol. The number of likely N-dealkylation sites (N-methyl/N-ethyl adjacent to an activating group) is 1. The van der Waals surface area contributed by atoms with E-state index in [9.17, 15) is 0 Å². The van der Waals surface area contributed by atoms with Crippen LogP contribution in [0.3, 0.4) is 0 Å². The number of hydrogen-bond acceptors (Lipinski definition) is 4. The molecule has 0 aliphatic carbocycles. The summed E-state index contributed by atoms with van der Waals surface area (Å²) in [6, 6.07) is 9.60. The van der Waals surface area contributed by atoms with Crippen molar-refractivity contribution in [3.8, 4) is 0 Å². The van der Waals surface area contributed by atoms with E-state index in [4.69, 9.17) is 9.73 Å². The molecule has 0 bridgehead atoms. The van der Waals surface area contributed by atoms with Gasteiger partial charge in [0.05, 0.1) is 6.54 Å². The number of piperidine rings is 1. The van der Waals surface area contributed by atoms with Crippen LogP contribution in [-0.4, -0.2) is 75.9 Å². The van der Waals surface area contributed by atoms with Gasteiger partial charge in [0.25, 0.3) is 0 Å². The Morgan fingerprint density at radius 3 is 2.28 bits per heavy atom. The van der Waals surface area contributed by atoms with Crippen LogP contribution >= 0.6 is 0 Å². The molecule has 6 nitrogen and oxygen atoms in total. The average molecular weight is 444 g/mol. The molecule has 3 rings (SSSR count). The number of aliphatic imine (C=N–C) groups is 1. The lowest BCUT2D eigenvalue weighted by Crippen LogP contribution is -2.53. The third-order valence-electron chi connectivity index (χ3n) is 7.18. The number of guanidine groups is 1. The molecule has 0 atom stereocenters. The van der Waals surface area contributed by atoms with E-state index >= 15 is 0 Å². The quantitative estimate of drug-likeness (QED) is 0.520. The zero-order valence-electron chi connectivity index (χ0n) is 21.2. The first-order valence-corrected chi connectivity index (χ1v) is 12.4. The van der Waals surface area contributed by atoms with Gasteiger partial charge in [0.15, 0.2) is 5.96 Å². The minimum Gasteiger partial charge on any atom is -0.381 e. The van der Waals surface area contributed by atoms with E-state index < -0.39 is 0 Å². The zero-order chi connectivity index (χ0) is 23.2. The van der Waals surface area contributed by atoms with E-state index in [2.05, 4.69) is 86.5 Å². The van der Waals surface area contributed by atoms with Gasteiger partial charge in [-0.1, -0.05) is 32.9 Å². The third kappa shape index (κ3) is 6.38. The average Bonchev–Trinajstić information content (AvgIpc) is 2.78. The van der Waals surface area contributed by atoms with Crippen LogP contribution in [0.25, 0.3) is 0 Å². The lowest BCUT2D eigenvalue weighted by atomic mass is 9.87. The van der Waals surface area contributed by atoms with E-state index in [-0.39, 0.29) is 11.0 Å². The minimum absolute atomic E-state index is 0.100. The number of nitrogens with one attached hydrogen (secondary N) is 2. The van der Waals surface area contributed by atoms with Crippen LogP contribution in [0.4, 0.5) is 5.69 Å². The lowest BCUT2D eigenvalue weighted by molar-refractivity contribution is -0.00255. The fourth-order valence-electron chi connectivity index (χ4n) is 4.69. The van der Waals surface area contributed by atoms with Crippen molar-refractivity contribution >= 4 is 11.6 Å². The van der Waals surface area contributed by atoms with Gasteiger partial charge in [-0.2, -0.15) is 0 Å². The molecule has 2 aliphatic rings. The normalized spacial score (nSPS) is 20.5. The second-order valence-corrected chi connectivity index (χ2v) is 10.6. The molecule has 0 amide bonds. The molecule has 0 spiro atoms. The van der Waals surface area contributed by atoms with Crippen molar-refractivity contribution in [3.63, 3.8) is 0 Å². The molecule has 1 aromatic rings. The summed E-state index contributed by atoms with van der Waals surface area (Å²) in [4.78, 5) is 9.87. The maximum atomic E-state index is 5.61. The van der Waals surface area contributed by atoms with Crippen molar-refractivity contribution in [1.82, 2.24) is 15.5 Å². The van der Waals surface area contributed by atoms with Gasteiger partial charge in [-0.15, -0.1) is 0 Å². The Morgan fingerprint density at radius 2 is 1.75 bits per heavy atom. The Labute approximate surface area is 195 Å². The van der Waals surface area contributed by atoms with E-state index in [1.165, 1.54) is 11.3 Å². The fraction of sp³-hybridized carbons (Fsp3) is 0.731. The molecule has 0 saturated carbocycles. The molecule has 0 aromatic heterocycles. The van der Waals surface area contributed by atoms with Crippen LogP contribution in [0.2, 0.25) is 0 Å². The number of benzene rings is 1. The standard InChI is InChI=1S/C26H45N5O/c1-7-27-24(28-20-26(30(5)6)14-18-32-19-15-26)29-22-12-16-31(17-13-22)23-10-8-21(9-11-23)25(2,3)4/h8-11,22H,7,12-20H2,1-6H3,(H2,27,28,29). The van der Waals surface area contributed by atoms with Crippen molar-refractivity contribution in [2.75, 3.05) is 58.4 Å². The molecule has 2 N–H and O–H groups in total. The van der Waals surface area contributed by atoms with Gasteiger partial charge in [0.1, 0.15) is 0 Å². The Hall–Kier alpha value is -1.79. The molecular formula is C26H45N5O. The summed E-state index contributed by atoms with van der Waals surface area (Å²) >= 11 is 0. The molecule has 2 saturated heterocycles. The smallest absolute Gasteiger partial charge is 0.191 e. The first-order chi connectivity index (χ1) is 15.2. The number of rotatable bonds is 6. The van der Waals surface area contributed by atoms with Gasteiger partial charge >= 0.3 is 0 Å². The van der Waals surface area contributed by atoms with Crippen LogP contribution in [0.15, 0.2) is 29.3 Å². The molecular weight excluding hydrogens is 398 g/mol. The Kier molecular flexibility index (Phi) is 8.45. The summed E-state index contributed by atoms with van der Waals surface area (Å²) in [6.45, 7) is 14.4. The van der Waals surface area contributed by atoms with Crippen LogP contribution in [0.5, 0.6) is 0 Å². The number of ether oxygens (including phenoxy) is 1. The molecule has 180 valence electrons. The summed E-state index contributed by atoms with van der Waals surface area (Å²) in [5.74, 6) is 0.952. The summed E-state index contributed by atoms with van der Waals surface area (Å²) in [7, 11) is 4.34. The maximum Gasteiger partial charge on any atom is 0.191 e. The van der Waals surface area contributed by atoms with Gasteiger partial charge in [-0.3, -0.25) is 4.99 Å². The number of hydrogen-bond donors (Lipinski definition) is 2. The topological polar surface area (TPSA) is 52.1 Å². The zero-order valence-corrected chi connectivity index (χ0v) is 21.2. The fourth-order valence-corrected chi connectivity index (χ4v) is 4.69. The van der Waals surface area contributed by atoms with Gasteiger partial charge in [-0.05, 0) is 69.8 Å². The van der Waals surface area contributed by atoms with Gasteiger partial charge in [0.2, 0.25) is 0 Å². The van der Waals surface area contributed by atoms with Crippen LogP contribution in [0, 0.1) is 0 Å². The SMILES string of the molecule is CCNC(=NCC1(N(C)C)CCOCC1)NC1CCN(c2ccc(C(C)(C)C)cc2)CC1.